The van der Waals surface area contributed by atoms with E-state index in [0.29, 0.717) is 18.6 Å². The van der Waals surface area contributed by atoms with Crippen LogP contribution in [0.2, 0.25) is 0 Å². The highest BCUT2D eigenvalue weighted by molar-refractivity contribution is 7.92. The number of aliphatic hydroxyl groups excluding tert-OH is 1. The molecule has 1 aliphatic rings. The summed E-state index contributed by atoms with van der Waals surface area (Å²) in [6.07, 6.45) is 1.56. The van der Waals surface area contributed by atoms with Crippen LogP contribution < -0.4 is 9.46 Å². The van der Waals surface area contributed by atoms with Crippen molar-refractivity contribution in [1.29, 1.82) is 0 Å². The van der Waals surface area contributed by atoms with Crippen LogP contribution in [0.15, 0.2) is 77.7 Å². The molecule has 0 fully saturated rings. The quantitative estimate of drug-likeness (QED) is 0.338. The zero-order chi connectivity index (χ0) is 34.1. The Bertz CT molecular complexity index is 1610. The second kappa shape index (κ2) is 16.2. The predicted molar refractivity (Wildman–Crippen MR) is 177 cm³/mol. The van der Waals surface area contributed by atoms with Gasteiger partial charge in [0.15, 0.2) is 0 Å². The molecule has 1 aliphatic heterocycles. The average molecular weight is 670 g/mol. The Labute approximate surface area is 276 Å². The number of rotatable bonds is 8. The van der Waals surface area contributed by atoms with E-state index in [2.05, 4.69) is 4.72 Å². The number of hydrogen-bond donors (Lipinski definition) is 2. The van der Waals surface area contributed by atoms with E-state index in [9.17, 15) is 27.5 Å². The predicted octanol–water partition coefficient (Wildman–Crippen LogP) is 5.19. The highest BCUT2D eigenvalue weighted by Gasteiger charge is 2.31. The minimum atomic E-state index is -4.09. The van der Waals surface area contributed by atoms with E-state index in [-0.39, 0.29) is 59.5 Å². The lowest BCUT2D eigenvalue weighted by Crippen LogP contribution is -2.48. The molecule has 0 unspecified atom stereocenters. The third-order valence-electron chi connectivity index (χ3n) is 8.25. The fraction of sp³-hybridized carbons (Fsp3) is 0.429. The van der Waals surface area contributed by atoms with E-state index in [0.717, 1.165) is 37.1 Å². The van der Waals surface area contributed by atoms with Gasteiger partial charge < -0.3 is 24.4 Å². The highest BCUT2D eigenvalue weighted by Crippen LogP contribution is 2.29. The largest absolute Gasteiger partial charge is 0.490 e. The maximum Gasteiger partial charge on any atom is 0.261 e. The normalized spacial score (nSPS) is 20.3. The Balaban J connectivity index is 1.66. The van der Waals surface area contributed by atoms with Crippen molar-refractivity contribution >= 4 is 27.5 Å². The van der Waals surface area contributed by atoms with Gasteiger partial charge in [-0.05, 0) is 87.7 Å². The first kappa shape index (κ1) is 35.8. The van der Waals surface area contributed by atoms with Crippen LogP contribution >= 0.6 is 0 Å². The lowest BCUT2D eigenvalue weighted by Gasteiger charge is -2.36. The first-order valence-electron chi connectivity index (χ1n) is 15.8. The summed E-state index contributed by atoms with van der Waals surface area (Å²) in [4.78, 5) is 30.5. The number of anilines is 1. The first-order valence-corrected chi connectivity index (χ1v) is 17.3. The van der Waals surface area contributed by atoms with Crippen LogP contribution in [-0.4, -0.2) is 86.7 Å². The average Bonchev–Trinajstić information content (AvgIpc) is 3.06. The summed E-state index contributed by atoms with van der Waals surface area (Å²) in [6.45, 7) is 6.17. The van der Waals surface area contributed by atoms with Crippen LogP contribution in [0.4, 0.5) is 10.1 Å². The number of nitrogens with zero attached hydrogens (tertiary/aromatic N) is 2. The molecular formula is C35H44FN3O7S. The summed E-state index contributed by atoms with van der Waals surface area (Å²) in [5.41, 5.74) is 0.797. The summed E-state index contributed by atoms with van der Waals surface area (Å²) in [7, 11) is -2.37. The van der Waals surface area contributed by atoms with Gasteiger partial charge in [-0.25, -0.2) is 12.8 Å². The maximum absolute atomic E-state index is 14.3. The van der Waals surface area contributed by atoms with Crippen molar-refractivity contribution in [2.24, 2.45) is 5.92 Å². The molecule has 3 aromatic rings. The molecule has 0 aromatic heterocycles. The second-order valence-corrected chi connectivity index (χ2v) is 13.8. The lowest BCUT2D eigenvalue weighted by molar-refractivity contribution is -0.0149. The van der Waals surface area contributed by atoms with Gasteiger partial charge in [0.1, 0.15) is 11.6 Å². The number of likely N-dealkylation sites (N-methyl/N-ethyl adjacent to an activating group) is 1. The fourth-order valence-electron chi connectivity index (χ4n) is 5.43. The Hall–Kier alpha value is -4.00. The SMILES string of the molecule is C[C@H](CO)N1C[C@H](C)[C@H](CN(C)C(=O)c2ccccc2)OCCCC[C@H](C)Oc2ccc(NS(=O)(=O)c3ccc(F)cc3)cc2C1=O. The van der Waals surface area contributed by atoms with Crippen molar-refractivity contribution in [2.45, 2.75) is 63.2 Å². The molecule has 0 spiro atoms. The van der Waals surface area contributed by atoms with Crippen LogP contribution in [0.3, 0.4) is 0 Å². The molecule has 0 bridgehead atoms. The molecule has 0 saturated carbocycles. The molecule has 10 nitrogen and oxygen atoms in total. The molecule has 254 valence electrons. The van der Waals surface area contributed by atoms with Crippen LogP contribution in [-0.2, 0) is 14.8 Å². The van der Waals surface area contributed by atoms with Crippen LogP contribution in [0.5, 0.6) is 5.75 Å². The minimum Gasteiger partial charge on any atom is -0.490 e. The number of hydrogen-bond acceptors (Lipinski definition) is 7. The summed E-state index contributed by atoms with van der Waals surface area (Å²) >= 11 is 0. The van der Waals surface area contributed by atoms with Crippen molar-refractivity contribution in [3.63, 3.8) is 0 Å². The van der Waals surface area contributed by atoms with Crippen molar-refractivity contribution in [3.8, 4) is 5.75 Å². The van der Waals surface area contributed by atoms with Gasteiger partial charge in [0.25, 0.3) is 21.8 Å². The molecule has 2 N–H and O–H groups in total. The lowest BCUT2D eigenvalue weighted by atomic mass is 10.0. The minimum absolute atomic E-state index is 0.116. The number of fused-ring (bicyclic) bond motifs is 1. The molecule has 0 saturated heterocycles. The molecule has 1 heterocycles. The Kier molecular flexibility index (Phi) is 12.4. The van der Waals surface area contributed by atoms with Crippen molar-refractivity contribution in [2.75, 3.05) is 38.1 Å². The Morgan fingerprint density at radius 2 is 1.79 bits per heavy atom. The molecule has 47 heavy (non-hydrogen) atoms. The standard InChI is InChI=1S/C35H44FN3O7S/c1-24-21-39(25(2)23-40)35(42)31-20-29(37-47(43,44)30-16-13-28(36)14-17-30)15-18-32(31)46-26(3)10-8-9-19-45-33(24)22-38(4)34(41)27-11-6-5-7-12-27/h5-7,11-18,20,24-26,33,37,40H,8-10,19,21-23H2,1-4H3/t24-,25+,26-,33-/m0/s1. The van der Waals surface area contributed by atoms with Gasteiger partial charge in [-0.15, -0.1) is 0 Å². The van der Waals surface area contributed by atoms with E-state index in [1.807, 2.05) is 32.0 Å². The Morgan fingerprint density at radius 3 is 2.47 bits per heavy atom. The van der Waals surface area contributed by atoms with E-state index in [1.54, 1.807) is 37.1 Å². The number of amides is 2. The summed E-state index contributed by atoms with van der Waals surface area (Å²) in [5.74, 6) is -1.15. The summed E-state index contributed by atoms with van der Waals surface area (Å²) in [6, 6.07) is 17.3. The van der Waals surface area contributed by atoms with E-state index in [4.69, 9.17) is 9.47 Å². The molecule has 3 aromatic carbocycles. The number of nitrogens with one attached hydrogen (secondary N) is 1. The molecule has 0 aliphatic carbocycles. The molecule has 4 atom stereocenters. The first-order chi connectivity index (χ1) is 22.4. The summed E-state index contributed by atoms with van der Waals surface area (Å²) in [5, 5.41) is 10.2. The number of ether oxygens (including phenoxy) is 2. The Morgan fingerprint density at radius 1 is 1.09 bits per heavy atom. The summed E-state index contributed by atoms with van der Waals surface area (Å²) < 4.78 is 54.6. The number of carbonyl (C=O) groups excluding carboxylic acids is 2. The molecule has 2 amide bonds. The zero-order valence-corrected chi connectivity index (χ0v) is 28.1. The molecule has 4 rings (SSSR count). The highest BCUT2D eigenvalue weighted by atomic mass is 32.2. The van der Waals surface area contributed by atoms with Crippen molar-refractivity contribution in [1.82, 2.24) is 9.80 Å². The topological polar surface area (TPSA) is 125 Å². The molecule has 12 heteroatoms. The number of halogens is 1. The number of carbonyl (C=O) groups is 2. The monoisotopic (exact) mass is 669 g/mol. The smallest absolute Gasteiger partial charge is 0.261 e. The third-order valence-corrected chi connectivity index (χ3v) is 9.65. The van der Waals surface area contributed by atoms with Crippen LogP contribution in [0.1, 0.15) is 60.7 Å². The van der Waals surface area contributed by atoms with Gasteiger partial charge in [0.2, 0.25) is 0 Å². The second-order valence-electron chi connectivity index (χ2n) is 12.1. The van der Waals surface area contributed by atoms with E-state index >= 15 is 0 Å². The molecular weight excluding hydrogens is 625 g/mol. The van der Waals surface area contributed by atoms with Gasteiger partial charge in [-0.2, -0.15) is 0 Å². The molecule has 0 radical (unpaired) electrons. The van der Waals surface area contributed by atoms with Gasteiger partial charge in [-0.1, -0.05) is 25.1 Å². The van der Waals surface area contributed by atoms with Gasteiger partial charge in [0, 0.05) is 43.9 Å². The number of sulfonamides is 1. The zero-order valence-electron chi connectivity index (χ0n) is 27.3. The maximum atomic E-state index is 14.3. The fourth-order valence-corrected chi connectivity index (χ4v) is 6.48. The van der Waals surface area contributed by atoms with E-state index in [1.165, 1.54) is 17.0 Å². The van der Waals surface area contributed by atoms with Gasteiger partial charge in [0.05, 0.1) is 35.3 Å². The number of aliphatic hydroxyl groups is 1. The van der Waals surface area contributed by atoms with Gasteiger partial charge in [-0.3, -0.25) is 14.3 Å². The van der Waals surface area contributed by atoms with Crippen LogP contribution in [0, 0.1) is 11.7 Å². The van der Waals surface area contributed by atoms with Gasteiger partial charge >= 0.3 is 0 Å². The van der Waals surface area contributed by atoms with Crippen molar-refractivity contribution < 1.29 is 37.0 Å². The third kappa shape index (κ3) is 9.52. The van der Waals surface area contributed by atoms with Crippen molar-refractivity contribution in [3.05, 3.63) is 89.7 Å². The van der Waals surface area contributed by atoms with Crippen LogP contribution in [0.25, 0.3) is 0 Å². The van der Waals surface area contributed by atoms with E-state index < -0.39 is 33.9 Å². The number of benzene rings is 3.